The minimum Gasteiger partial charge on any atom is -0.458 e. The minimum atomic E-state index is -1.71. The van der Waals surface area contributed by atoms with E-state index in [9.17, 15) is 9.90 Å². The highest BCUT2D eigenvalue weighted by molar-refractivity contribution is 5.83. The summed E-state index contributed by atoms with van der Waals surface area (Å²) in [5.41, 5.74) is -1.14. The second-order valence-corrected chi connectivity index (χ2v) is 7.26. The monoisotopic (exact) mass is 343 g/mol. The van der Waals surface area contributed by atoms with Crippen LogP contribution in [0.1, 0.15) is 44.6 Å². The second-order valence-electron chi connectivity index (χ2n) is 7.26. The van der Waals surface area contributed by atoms with Crippen LogP contribution in [0.2, 0.25) is 0 Å². The molecule has 2 atom stereocenters. The maximum Gasteiger partial charge on any atom is 0.347 e. The van der Waals surface area contributed by atoms with Crippen LogP contribution in [-0.2, 0) is 15.1 Å². The highest BCUT2D eigenvalue weighted by atomic mass is 16.6. The SMILES string of the molecule is CCCC/C=C\[C@@](O)(C(=O)O[C@@H]1CN2CCC1CC2)c1ccccc1. The third-order valence-electron chi connectivity index (χ3n) is 5.46. The summed E-state index contributed by atoms with van der Waals surface area (Å²) in [6.45, 7) is 5.11. The van der Waals surface area contributed by atoms with Gasteiger partial charge < -0.3 is 9.84 Å². The van der Waals surface area contributed by atoms with Gasteiger partial charge in [-0.05, 0) is 49.9 Å². The molecule has 3 heterocycles. The lowest BCUT2D eigenvalue weighted by Gasteiger charge is -2.44. The molecule has 1 N–H and O–H groups in total. The molecule has 0 amide bonds. The second kappa shape index (κ2) is 8.15. The fourth-order valence-electron chi connectivity index (χ4n) is 3.82. The van der Waals surface area contributed by atoms with Gasteiger partial charge in [-0.15, -0.1) is 0 Å². The average molecular weight is 343 g/mol. The Bertz CT molecular complexity index is 592. The van der Waals surface area contributed by atoms with E-state index in [2.05, 4.69) is 11.8 Å². The van der Waals surface area contributed by atoms with E-state index in [0.29, 0.717) is 11.5 Å². The topological polar surface area (TPSA) is 49.8 Å². The van der Waals surface area contributed by atoms with E-state index in [4.69, 9.17) is 4.74 Å². The number of carbonyl (C=O) groups is 1. The molecular formula is C21H29NO3. The molecule has 1 aromatic carbocycles. The van der Waals surface area contributed by atoms with Crippen molar-refractivity contribution >= 4 is 5.97 Å². The molecule has 1 aromatic rings. The first kappa shape index (κ1) is 18.2. The molecule has 4 nitrogen and oxygen atoms in total. The Morgan fingerprint density at radius 3 is 2.64 bits per heavy atom. The van der Waals surface area contributed by atoms with Crippen LogP contribution in [0.25, 0.3) is 0 Å². The Hall–Kier alpha value is -1.65. The molecule has 3 aliphatic heterocycles. The maximum atomic E-state index is 12.9. The number of carbonyl (C=O) groups excluding carboxylic acids is 1. The number of fused-ring (bicyclic) bond motifs is 3. The molecule has 0 radical (unpaired) electrons. The van der Waals surface area contributed by atoms with Crippen LogP contribution in [0.4, 0.5) is 0 Å². The Kier molecular flexibility index (Phi) is 5.92. The molecule has 0 aromatic heterocycles. The van der Waals surface area contributed by atoms with Crippen molar-refractivity contribution < 1.29 is 14.6 Å². The van der Waals surface area contributed by atoms with Crippen molar-refractivity contribution in [2.24, 2.45) is 5.92 Å². The number of piperidine rings is 3. The zero-order chi connectivity index (χ0) is 17.7. The van der Waals surface area contributed by atoms with Crippen LogP contribution in [0.15, 0.2) is 42.5 Å². The van der Waals surface area contributed by atoms with Gasteiger partial charge in [-0.1, -0.05) is 56.2 Å². The number of esters is 1. The van der Waals surface area contributed by atoms with Gasteiger partial charge in [-0.25, -0.2) is 4.79 Å². The van der Waals surface area contributed by atoms with Crippen molar-refractivity contribution in [3.63, 3.8) is 0 Å². The van der Waals surface area contributed by atoms with Crippen molar-refractivity contribution in [2.75, 3.05) is 19.6 Å². The Morgan fingerprint density at radius 1 is 1.32 bits per heavy atom. The predicted molar refractivity (Wildman–Crippen MR) is 98.0 cm³/mol. The lowest BCUT2D eigenvalue weighted by atomic mass is 9.85. The van der Waals surface area contributed by atoms with Crippen LogP contribution >= 0.6 is 0 Å². The molecule has 3 aliphatic rings. The first-order valence-corrected chi connectivity index (χ1v) is 9.52. The molecule has 4 rings (SSSR count). The summed E-state index contributed by atoms with van der Waals surface area (Å²) >= 11 is 0. The number of hydrogen-bond donors (Lipinski definition) is 1. The van der Waals surface area contributed by atoms with Crippen molar-refractivity contribution in [1.82, 2.24) is 4.90 Å². The van der Waals surface area contributed by atoms with E-state index in [1.54, 1.807) is 18.2 Å². The first-order chi connectivity index (χ1) is 12.1. The number of nitrogens with zero attached hydrogens (tertiary/aromatic N) is 1. The molecule has 0 aliphatic carbocycles. The van der Waals surface area contributed by atoms with Crippen molar-refractivity contribution in [1.29, 1.82) is 0 Å². The molecule has 25 heavy (non-hydrogen) atoms. The van der Waals surface area contributed by atoms with E-state index < -0.39 is 11.6 Å². The number of benzene rings is 1. The Balaban J connectivity index is 1.76. The van der Waals surface area contributed by atoms with Crippen molar-refractivity contribution in [2.45, 2.75) is 50.7 Å². The third kappa shape index (κ3) is 4.13. The summed E-state index contributed by atoms with van der Waals surface area (Å²) in [7, 11) is 0. The number of unbranched alkanes of at least 4 members (excludes halogenated alkanes) is 2. The quantitative estimate of drug-likeness (QED) is 0.469. The van der Waals surface area contributed by atoms with Crippen molar-refractivity contribution in [3.05, 3.63) is 48.0 Å². The minimum absolute atomic E-state index is 0.103. The van der Waals surface area contributed by atoms with E-state index >= 15 is 0 Å². The van der Waals surface area contributed by atoms with Gasteiger partial charge in [0.05, 0.1) is 0 Å². The number of aliphatic hydroxyl groups is 1. The number of hydrogen-bond acceptors (Lipinski definition) is 4. The summed E-state index contributed by atoms with van der Waals surface area (Å²) in [5, 5.41) is 11.2. The van der Waals surface area contributed by atoms with Gasteiger partial charge in [0, 0.05) is 6.54 Å². The normalized spacial score (nSPS) is 28.0. The van der Waals surface area contributed by atoms with E-state index in [0.717, 1.165) is 51.7 Å². The number of rotatable bonds is 7. The lowest BCUT2D eigenvalue weighted by molar-refractivity contribution is -0.176. The first-order valence-electron chi connectivity index (χ1n) is 9.52. The highest BCUT2D eigenvalue weighted by Gasteiger charge is 2.42. The van der Waals surface area contributed by atoms with Gasteiger partial charge in [0.1, 0.15) is 6.10 Å². The summed E-state index contributed by atoms with van der Waals surface area (Å²) < 4.78 is 5.82. The van der Waals surface area contributed by atoms with Gasteiger partial charge in [0.15, 0.2) is 0 Å². The Morgan fingerprint density at radius 2 is 2.04 bits per heavy atom. The van der Waals surface area contributed by atoms with Crippen molar-refractivity contribution in [3.8, 4) is 0 Å². The zero-order valence-corrected chi connectivity index (χ0v) is 15.1. The molecular weight excluding hydrogens is 314 g/mol. The van der Waals surface area contributed by atoms with Gasteiger partial charge in [-0.2, -0.15) is 0 Å². The van der Waals surface area contributed by atoms with Gasteiger partial charge in [-0.3, -0.25) is 4.90 Å². The molecule has 3 saturated heterocycles. The van der Waals surface area contributed by atoms with Crippen LogP contribution in [-0.4, -0.2) is 41.7 Å². The van der Waals surface area contributed by atoms with E-state index in [-0.39, 0.29) is 6.10 Å². The van der Waals surface area contributed by atoms with Crippen LogP contribution in [0.5, 0.6) is 0 Å². The molecule has 3 fully saturated rings. The molecule has 4 heteroatoms. The summed E-state index contributed by atoms with van der Waals surface area (Å²) in [6, 6.07) is 9.11. The average Bonchev–Trinajstić information content (AvgIpc) is 2.66. The standard InChI is InChI=1S/C21H29NO3/c1-2-3-4-8-13-21(24,18-9-6-5-7-10-18)20(23)25-19-16-22-14-11-17(19)12-15-22/h5-10,13,17,19,24H,2-4,11-12,14-16H2,1H3/b13-8-/t19-,21+/m1/s1. The third-order valence-corrected chi connectivity index (χ3v) is 5.46. The van der Waals surface area contributed by atoms with E-state index in [1.165, 1.54) is 0 Å². The fraction of sp³-hybridized carbons (Fsp3) is 0.571. The molecule has 0 spiro atoms. The Labute approximate surface area is 150 Å². The maximum absolute atomic E-state index is 12.9. The molecule has 0 saturated carbocycles. The van der Waals surface area contributed by atoms with Gasteiger partial charge >= 0.3 is 5.97 Å². The summed E-state index contributed by atoms with van der Waals surface area (Å²) in [4.78, 5) is 15.3. The number of ether oxygens (including phenoxy) is 1. The van der Waals surface area contributed by atoms with Crippen LogP contribution < -0.4 is 0 Å². The summed E-state index contributed by atoms with van der Waals surface area (Å²) in [6.07, 6.45) is 8.53. The van der Waals surface area contributed by atoms with Crippen LogP contribution in [0, 0.1) is 5.92 Å². The smallest absolute Gasteiger partial charge is 0.347 e. The van der Waals surface area contributed by atoms with Crippen LogP contribution in [0.3, 0.4) is 0 Å². The summed E-state index contributed by atoms with van der Waals surface area (Å²) in [5.74, 6) is -0.122. The van der Waals surface area contributed by atoms with E-state index in [1.807, 2.05) is 24.3 Å². The predicted octanol–water partition coefficient (Wildman–Crippen LogP) is 3.26. The largest absolute Gasteiger partial charge is 0.458 e. The van der Waals surface area contributed by atoms with Gasteiger partial charge in [0.2, 0.25) is 5.60 Å². The lowest BCUT2D eigenvalue weighted by Crippen LogP contribution is -2.53. The fourth-order valence-corrected chi connectivity index (χ4v) is 3.82. The number of allylic oxidation sites excluding steroid dienone is 1. The molecule has 0 unspecified atom stereocenters. The molecule has 136 valence electrons. The zero-order valence-electron chi connectivity index (χ0n) is 15.1. The molecule has 2 bridgehead atoms. The highest BCUT2D eigenvalue weighted by Crippen LogP contribution is 2.32. The van der Waals surface area contributed by atoms with Gasteiger partial charge in [0.25, 0.3) is 0 Å².